The minimum atomic E-state index is -4.59. The molecule has 1 saturated heterocycles. The summed E-state index contributed by atoms with van der Waals surface area (Å²) in [5.74, 6) is -4.36. The maximum Gasteiger partial charge on any atom is 0.416 e. The first kappa shape index (κ1) is 25.5. The Morgan fingerprint density at radius 1 is 1.00 bits per heavy atom. The van der Waals surface area contributed by atoms with Gasteiger partial charge >= 0.3 is 6.18 Å². The number of carbonyl (C=O) groups is 1. The van der Waals surface area contributed by atoms with Gasteiger partial charge in [-0.15, -0.1) is 11.8 Å². The molecular weight excluding hydrogens is 710 g/mol. The third-order valence-corrected chi connectivity index (χ3v) is 9.65. The second-order valence-corrected chi connectivity index (χ2v) is 12.9. The van der Waals surface area contributed by atoms with Crippen molar-refractivity contribution in [2.24, 2.45) is 0 Å². The van der Waals surface area contributed by atoms with Gasteiger partial charge in [0.25, 0.3) is 0 Å². The first-order chi connectivity index (χ1) is 29.9. The highest BCUT2D eigenvalue weighted by Gasteiger charge is 2.33. The highest BCUT2D eigenvalue weighted by Crippen LogP contribution is 2.34. The van der Waals surface area contributed by atoms with Gasteiger partial charge in [-0.2, -0.15) is 13.2 Å². The van der Waals surface area contributed by atoms with Gasteiger partial charge in [0.1, 0.15) is 6.50 Å². The van der Waals surface area contributed by atoms with Crippen molar-refractivity contribution in [1.29, 1.82) is 0 Å². The van der Waals surface area contributed by atoms with Crippen molar-refractivity contribution in [1.82, 2.24) is 14.4 Å². The Kier molecular flexibility index (Phi) is 8.01. The molecule has 0 bridgehead atoms. The van der Waals surface area contributed by atoms with Crippen LogP contribution in [0.1, 0.15) is 58.9 Å². The number of benzene rings is 4. The molecule has 1 aromatic heterocycles. The monoisotopic (exact) mass is 761 g/mol. The minimum absolute atomic E-state index is 0.0646. The van der Waals surface area contributed by atoms with Crippen LogP contribution in [-0.2, 0) is 27.9 Å². The Morgan fingerprint density at radius 3 is 2.36 bits per heavy atom. The van der Waals surface area contributed by atoms with Crippen molar-refractivity contribution < 1.29 is 47.9 Å². The van der Waals surface area contributed by atoms with Gasteiger partial charge in [0.2, 0.25) is 5.91 Å². The van der Waals surface area contributed by atoms with Crippen molar-refractivity contribution in [2.45, 2.75) is 55.2 Å². The van der Waals surface area contributed by atoms with Crippen molar-refractivity contribution in [2.75, 3.05) is 33.2 Å². The molecule has 53 heavy (non-hydrogen) atoms. The fraction of sp³-hybridized carbons (Fsp3) is 0.317. The number of halogens is 5. The molecule has 278 valence electrons. The number of aromatic nitrogens is 1. The first-order valence-electron chi connectivity index (χ1n) is 22.3. The van der Waals surface area contributed by atoms with Crippen LogP contribution in [0.25, 0.3) is 22.0 Å². The first-order valence-corrected chi connectivity index (χ1v) is 17.1. The maximum atomic E-state index is 15.3. The van der Waals surface area contributed by atoms with Crippen molar-refractivity contribution in [3.05, 3.63) is 136 Å². The molecule has 1 fully saturated rings. The Hall–Kier alpha value is -4.52. The van der Waals surface area contributed by atoms with Gasteiger partial charge in [-0.05, 0) is 66.8 Å². The van der Waals surface area contributed by atoms with E-state index in [1.807, 2.05) is 0 Å². The molecule has 6 rings (SSSR count). The van der Waals surface area contributed by atoms with E-state index in [1.54, 1.807) is 0 Å². The highest BCUT2D eigenvalue weighted by molar-refractivity contribution is 7.98. The lowest BCUT2D eigenvalue weighted by Gasteiger charge is -2.42. The average molecular weight is 762 g/mol. The second kappa shape index (κ2) is 16.7. The number of hydrogen-bond acceptors (Lipinski definition) is 5. The molecule has 12 heteroatoms. The zero-order valence-corrected chi connectivity index (χ0v) is 28.8. The predicted molar refractivity (Wildman–Crippen MR) is 198 cm³/mol. The van der Waals surface area contributed by atoms with E-state index in [0.29, 0.717) is 11.1 Å². The van der Waals surface area contributed by atoms with Crippen LogP contribution in [0.4, 0.5) is 22.0 Å². The minimum Gasteiger partial charge on any atom is -0.383 e. The number of carbonyl (C=O) groups excluding carboxylic acids is 1. The number of piperidine rings is 1. The Labute approximate surface area is 326 Å². The van der Waals surface area contributed by atoms with E-state index < -0.39 is 89.7 Å². The summed E-state index contributed by atoms with van der Waals surface area (Å²) in [6, 6.07) is 15.7. The molecule has 1 amide bonds. The second-order valence-electron chi connectivity index (χ2n) is 12.1. The van der Waals surface area contributed by atoms with E-state index in [1.165, 1.54) is 67.6 Å². The van der Waals surface area contributed by atoms with Crippen LogP contribution in [0.5, 0.6) is 0 Å². The van der Waals surface area contributed by atoms with Crippen molar-refractivity contribution in [3.63, 3.8) is 0 Å². The fourth-order valence-corrected chi connectivity index (χ4v) is 6.86. The van der Waals surface area contributed by atoms with Crippen LogP contribution in [0, 0.1) is 11.6 Å². The molecule has 1 atom stereocenters. The molecule has 0 radical (unpaired) electrons. The van der Waals surface area contributed by atoms with Crippen LogP contribution in [-0.4, -0.2) is 59.5 Å². The summed E-state index contributed by atoms with van der Waals surface area (Å²) in [7, 11) is -3.33. The predicted octanol–water partition coefficient (Wildman–Crippen LogP) is 8.96. The molecule has 0 spiro atoms. The number of amides is 1. The summed E-state index contributed by atoms with van der Waals surface area (Å²) < 4.78 is 176. The van der Waals surface area contributed by atoms with E-state index in [2.05, 4.69) is 4.74 Å². The van der Waals surface area contributed by atoms with Crippen LogP contribution < -0.4 is 5.43 Å². The molecule has 1 unspecified atom stereocenters. The summed E-state index contributed by atoms with van der Waals surface area (Å²) in [5.41, 5.74) is -4.66. The molecule has 1 aliphatic rings. The quantitative estimate of drug-likeness (QED) is 0.0940. The summed E-state index contributed by atoms with van der Waals surface area (Å²) >= 11 is 0.118. The molecular formula is C41H40F5N3O3S. The van der Waals surface area contributed by atoms with Gasteiger partial charge in [0.05, 0.1) is 39.6 Å². The van der Waals surface area contributed by atoms with E-state index >= 15 is 9.18 Å². The number of fused-ring (bicyclic) bond motifs is 1. The van der Waals surface area contributed by atoms with E-state index in [-0.39, 0.29) is 54.2 Å². The normalized spacial score (nSPS) is 20.0. The maximum absolute atomic E-state index is 15.3. The van der Waals surface area contributed by atoms with Crippen LogP contribution in [0.2, 0.25) is 0 Å². The summed E-state index contributed by atoms with van der Waals surface area (Å²) in [4.78, 5) is 30.6. The van der Waals surface area contributed by atoms with Gasteiger partial charge in [-0.1, -0.05) is 60.7 Å². The van der Waals surface area contributed by atoms with Gasteiger partial charge in [-0.3, -0.25) is 9.59 Å². The zero-order chi connectivity index (χ0) is 48.3. The number of thioether (sulfide) groups is 1. The van der Waals surface area contributed by atoms with Crippen LogP contribution in [0.3, 0.4) is 0 Å². The van der Waals surface area contributed by atoms with E-state index in [4.69, 9.17) is 12.3 Å². The molecule has 6 nitrogen and oxygen atoms in total. The van der Waals surface area contributed by atoms with Gasteiger partial charge < -0.3 is 19.1 Å². The molecule has 0 aliphatic carbocycles. The standard InChI is InChI=1S/C41H40F5N3O3S/c1-27(28-10-12-29(13-11-28)30-14-16-32(17-15-30)41(44,45)46)49(33-18-20-47(21-19-33)22-23-52-2)38(51)25-48-36-9-4-3-7-34(36)37(50)24-39(48)53-26-31-6-5-8-35(42)40(31)43/h3-17,24,27,33H,18-23,25-26H2,1-2H3/i2D3,22D2,23D2,25D2,26D2,27D. The Balaban J connectivity index is 1.46. The van der Waals surface area contributed by atoms with E-state index in [9.17, 15) is 26.5 Å². The molecule has 1 aliphatic heterocycles. The smallest absolute Gasteiger partial charge is 0.383 e. The SMILES string of the molecule is [2H]C([2H])([2H])OC([2H])([2H])C([2H])([2H])N1CCC(N(C(=O)C([2H])([2H])n2c(SC([2H])([2H])c3cccc(F)c3F)cc(=O)c3ccccc32)C([2H])(C)c2ccc(-c3ccc(C(F)(F)F)cc3)cc2)CC1. The van der Waals surface area contributed by atoms with Gasteiger partial charge in [0, 0.05) is 60.9 Å². The van der Waals surface area contributed by atoms with E-state index in [0.717, 1.165) is 50.8 Å². The Bertz CT molecular complexity index is 2620. The summed E-state index contributed by atoms with van der Waals surface area (Å²) in [6.07, 6.45) is -5.09. The highest BCUT2D eigenvalue weighted by atomic mass is 32.2. The number of likely N-dealkylation sites (tertiary alicyclic amines) is 1. The number of ether oxygens (including phenoxy) is 1. The third kappa shape index (κ3) is 8.83. The lowest BCUT2D eigenvalue weighted by Crippen LogP contribution is -2.49. The molecule has 0 saturated carbocycles. The Morgan fingerprint density at radius 2 is 1.68 bits per heavy atom. The third-order valence-electron chi connectivity index (χ3n) is 8.82. The molecule has 2 heterocycles. The molecule has 0 N–H and O–H groups in total. The number of hydrogen-bond donors (Lipinski definition) is 0. The fourth-order valence-electron chi connectivity index (χ4n) is 6.09. The van der Waals surface area contributed by atoms with Crippen LogP contribution in [0.15, 0.2) is 107 Å². The average Bonchev–Trinajstić information content (AvgIpc) is 3.20. The summed E-state index contributed by atoms with van der Waals surface area (Å²) in [5, 5.41) is -0.651. The largest absolute Gasteiger partial charge is 0.416 e. The number of pyridine rings is 1. The summed E-state index contributed by atoms with van der Waals surface area (Å²) in [6.45, 7) is -9.28. The topological polar surface area (TPSA) is 54.8 Å². The lowest BCUT2D eigenvalue weighted by atomic mass is 9.96. The number of rotatable bonds is 12. The molecule has 5 aromatic rings. The van der Waals surface area contributed by atoms with Gasteiger partial charge in [-0.25, -0.2) is 8.78 Å². The molecule has 4 aromatic carbocycles. The van der Waals surface area contributed by atoms with Crippen molar-refractivity contribution in [3.8, 4) is 11.1 Å². The lowest BCUT2D eigenvalue weighted by molar-refractivity contribution is -0.138. The number of para-hydroxylation sites is 1. The van der Waals surface area contributed by atoms with Crippen LogP contribution >= 0.6 is 11.8 Å². The zero-order valence-electron chi connectivity index (χ0n) is 40.0. The number of alkyl halides is 3. The van der Waals surface area contributed by atoms with Gasteiger partial charge in [0.15, 0.2) is 17.1 Å². The number of methoxy groups -OCH3 is 1. The van der Waals surface area contributed by atoms with Crippen molar-refractivity contribution >= 4 is 28.6 Å². The number of nitrogens with zero attached hydrogens (tertiary/aromatic N) is 3.